The van der Waals surface area contributed by atoms with Crippen molar-refractivity contribution in [2.45, 2.75) is 37.9 Å². The van der Waals surface area contributed by atoms with Gasteiger partial charge in [0, 0.05) is 29.4 Å². The lowest BCUT2D eigenvalue weighted by Gasteiger charge is -2.23. The molecule has 0 saturated heterocycles. The Kier molecular flexibility index (Phi) is 3.98. The summed E-state index contributed by atoms with van der Waals surface area (Å²) in [6, 6.07) is 3.36. The fraction of sp³-hybridized carbons (Fsp3) is 0.400. The van der Waals surface area contributed by atoms with Gasteiger partial charge >= 0.3 is 6.18 Å². The van der Waals surface area contributed by atoms with Gasteiger partial charge in [0.05, 0.1) is 23.0 Å². The Bertz CT molecular complexity index is 1130. The molecule has 9 heteroatoms. The van der Waals surface area contributed by atoms with Crippen LogP contribution in [0.1, 0.15) is 36.8 Å². The monoisotopic (exact) mass is 398 g/mol. The lowest BCUT2D eigenvalue weighted by molar-refractivity contribution is -0.137. The van der Waals surface area contributed by atoms with Crippen molar-refractivity contribution in [3.63, 3.8) is 0 Å². The Labute approximate surface area is 164 Å². The first-order chi connectivity index (χ1) is 13.9. The van der Waals surface area contributed by atoms with Gasteiger partial charge in [-0.2, -0.15) is 18.4 Å². The number of hydrogen-bond donors (Lipinski definition) is 2. The smallest absolute Gasteiger partial charge is 0.351 e. The summed E-state index contributed by atoms with van der Waals surface area (Å²) in [5, 5.41) is 13.1. The molecule has 0 unspecified atom stereocenters. The minimum atomic E-state index is -4.51. The maximum atomic E-state index is 13.1. The number of pyridine rings is 1. The molecule has 6 nitrogen and oxygen atoms in total. The first-order valence-electron chi connectivity index (χ1n) is 9.50. The third kappa shape index (κ3) is 3.09. The molecule has 3 atom stereocenters. The molecule has 0 aliphatic heterocycles. The van der Waals surface area contributed by atoms with E-state index in [-0.39, 0.29) is 10.9 Å². The second-order valence-electron chi connectivity index (χ2n) is 7.81. The Morgan fingerprint density at radius 1 is 1.17 bits per heavy atom. The van der Waals surface area contributed by atoms with Gasteiger partial charge in [0.2, 0.25) is 5.95 Å². The van der Waals surface area contributed by atoms with Crippen molar-refractivity contribution < 1.29 is 13.2 Å². The van der Waals surface area contributed by atoms with Crippen LogP contribution >= 0.6 is 0 Å². The minimum absolute atomic E-state index is 0.196. The molecule has 0 amide bonds. The van der Waals surface area contributed by atoms with Crippen LogP contribution in [0.2, 0.25) is 0 Å². The topological polar surface area (TPSA) is 90.3 Å². The average molecular weight is 398 g/mol. The fourth-order valence-electron chi connectivity index (χ4n) is 4.68. The zero-order valence-electron chi connectivity index (χ0n) is 15.3. The van der Waals surface area contributed by atoms with Crippen LogP contribution in [0, 0.1) is 23.2 Å². The molecule has 2 aliphatic rings. The maximum absolute atomic E-state index is 13.1. The van der Waals surface area contributed by atoms with Crippen LogP contribution in [0.4, 0.5) is 19.1 Å². The molecule has 148 valence electrons. The van der Waals surface area contributed by atoms with Crippen molar-refractivity contribution in [2.24, 2.45) is 11.8 Å². The zero-order chi connectivity index (χ0) is 20.2. The van der Waals surface area contributed by atoms with Crippen LogP contribution in [0.25, 0.3) is 22.3 Å². The first kappa shape index (κ1) is 17.9. The molecule has 29 heavy (non-hydrogen) atoms. The normalized spacial score (nSPS) is 23.4. The summed E-state index contributed by atoms with van der Waals surface area (Å²) in [6.45, 7) is 0. The van der Waals surface area contributed by atoms with Gasteiger partial charge in [0.15, 0.2) is 0 Å². The lowest BCUT2D eigenvalue weighted by Crippen LogP contribution is -2.27. The molecule has 3 heterocycles. The van der Waals surface area contributed by atoms with E-state index < -0.39 is 11.7 Å². The summed E-state index contributed by atoms with van der Waals surface area (Å²) in [7, 11) is 0. The number of aromatic amines is 1. The molecule has 0 aromatic carbocycles. The van der Waals surface area contributed by atoms with Crippen molar-refractivity contribution in [3.8, 4) is 17.3 Å². The van der Waals surface area contributed by atoms with Crippen LogP contribution < -0.4 is 5.32 Å². The van der Waals surface area contributed by atoms with Crippen LogP contribution in [-0.4, -0.2) is 26.0 Å². The number of halogens is 3. The van der Waals surface area contributed by atoms with E-state index in [9.17, 15) is 18.4 Å². The number of H-pyrrole nitrogens is 1. The highest BCUT2D eigenvalue weighted by Crippen LogP contribution is 2.45. The SMILES string of the molecule is N#Cc1cnc(N[C@@H]2C[C@H]3CC[C@@H]2C3)nc1-c1c[nH]c2ncc(C(F)(F)F)cc12. The van der Waals surface area contributed by atoms with E-state index >= 15 is 0 Å². The lowest BCUT2D eigenvalue weighted by atomic mass is 9.95. The van der Waals surface area contributed by atoms with Gasteiger partial charge in [-0.05, 0) is 37.2 Å². The van der Waals surface area contributed by atoms with Crippen molar-refractivity contribution in [1.29, 1.82) is 5.26 Å². The number of alkyl halides is 3. The quantitative estimate of drug-likeness (QED) is 0.677. The first-order valence-corrected chi connectivity index (χ1v) is 9.50. The molecular formula is C20H17F3N6. The number of nitrogens with one attached hydrogen (secondary N) is 2. The van der Waals surface area contributed by atoms with Crippen LogP contribution in [0.3, 0.4) is 0 Å². The number of aromatic nitrogens is 4. The van der Waals surface area contributed by atoms with Gasteiger partial charge in [-0.15, -0.1) is 0 Å². The van der Waals surface area contributed by atoms with E-state index in [1.54, 1.807) is 0 Å². The van der Waals surface area contributed by atoms with E-state index in [4.69, 9.17) is 0 Å². The van der Waals surface area contributed by atoms with Crippen molar-refractivity contribution >= 4 is 17.0 Å². The second kappa shape index (κ2) is 6.44. The second-order valence-corrected chi connectivity index (χ2v) is 7.81. The molecule has 2 saturated carbocycles. The van der Waals surface area contributed by atoms with E-state index in [1.165, 1.54) is 31.7 Å². The van der Waals surface area contributed by atoms with Gasteiger partial charge < -0.3 is 10.3 Å². The highest BCUT2D eigenvalue weighted by molar-refractivity contribution is 5.94. The van der Waals surface area contributed by atoms with Crippen LogP contribution in [0.15, 0.2) is 24.7 Å². The summed E-state index contributed by atoms with van der Waals surface area (Å²) in [6.07, 6.45) is 3.99. The highest BCUT2D eigenvalue weighted by atomic mass is 19.4. The van der Waals surface area contributed by atoms with E-state index in [1.807, 2.05) is 6.07 Å². The van der Waals surface area contributed by atoms with Gasteiger partial charge in [0.25, 0.3) is 0 Å². The van der Waals surface area contributed by atoms with Crippen LogP contribution in [0.5, 0.6) is 0 Å². The van der Waals surface area contributed by atoms with Gasteiger partial charge in [0.1, 0.15) is 11.7 Å². The average Bonchev–Trinajstić information content (AvgIpc) is 3.42. The molecule has 3 aromatic heterocycles. The third-order valence-electron chi connectivity index (χ3n) is 6.08. The number of nitriles is 1. The Morgan fingerprint density at radius 3 is 2.72 bits per heavy atom. The Hall–Kier alpha value is -3.15. The summed E-state index contributed by atoms with van der Waals surface area (Å²) >= 11 is 0. The number of nitrogens with zero attached hydrogens (tertiary/aromatic N) is 4. The fourth-order valence-corrected chi connectivity index (χ4v) is 4.68. The standard InChI is InChI=1S/C20H17F3N6/c21-20(22,23)13-5-14-15(9-26-18(14)25-8-13)17-12(6-24)7-27-19(29-17)28-16-4-10-1-2-11(16)3-10/h5,7-11,16H,1-4H2,(H,25,26)(H,27,28,29)/t10-,11+,16+/m0/s1. The molecule has 5 rings (SSSR count). The van der Waals surface area contributed by atoms with Gasteiger partial charge in [-0.25, -0.2) is 15.0 Å². The summed E-state index contributed by atoms with van der Waals surface area (Å²) in [5.41, 5.74) is 0.340. The number of hydrogen-bond acceptors (Lipinski definition) is 5. The largest absolute Gasteiger partial charge is 0.417 e. The molecule has 3 aromatic rings. The van der Waals surface area contributed by atoms with Gasteiger partial charge in [-0.3, -0.25) is 0 Å². The van der Waals surface area contributed by atoms with Gasteiger partial charge in [-0.1, -0.05) is 6.42 Å². The predicted octanol–water partition coefficient (Wildman–Crippen LogP) is 4.51. The van der Waals surface area contributed by atoms with Crippen molar-refractivity contribution in [1.82, 2.24) is 19.9 Å². The van der Waals surface area contributed by atoms with Crippen LogP contribution in [-0.2, 0) is 6.18 Å². The minimum Gasteiger partial charge on any atom is -0.351 e. The third-order valence-corrected chi connectivity index (χ3v) is 6.08. The molecule has 2 aliphatic carbocycles. The predicted molar refractivity (Wildman–Crippen MR) is 99.7 cm³/mol. The molecule has 2 bridgehead atoms. The number of rotatable bonds is 3. The van der Waals surface area contributed by atoms with E-state index in [2.05, 4.69) is 25.3 Å². The Morgan fingerprint density at radius 2 is 2.03 bits per heavy atom. The maximum Gasteiger partial charge on any atom is 0.417 e. The summed E-state index contributed by atoms with van der Waals surface area (Å²) < 4.78 is 39.4. The summed E-state index contributed by atoms with van der Waals surface area (Å²) in [4.78, 5) is 15.5. The van der Waals surface area contributed by atoms with E-state index in [0.717, 1.165) is 24.6 Å². The summed E-state index contributed by atoms with van der Waals surface area (Å²) in [5.74, 6) is 1.75. The Balaban J connectivity index is 1.55. The highest BCUT2D eigenvalue weighted by Gasteiger charge is 2.39. The molecular weight excluding hydrogens is 381 g/mol. The molecule has 2 fully saturated rings. The molecule has 0 spiro atoms. The molecule has 0 radical (unpaired) electrons. The van der Waals surface area contributed by atoms with Crippen molar-refractivity contribution in [2.75, 3.05) is 5.32 Å². The van der Waals surface area contributed by atoms with E-state index in [0.29, 0.717) is 34.8 Å². The molecule has 2 N–H and O–H groups in total. The number of anilines is 1. The zero-order valence-corrected chi connectivity index (χ0v) is 15.3. The number of fused-ring (bicyclic) bond motifs is 3. The van der Waals surface area contributed by atoms with Crippen molar-refractivity contribution in [3.05, 3.63) is 35.8 Å².